The lowest BCUT2D eigenvalue weighted by atomic mass is 10.5. The van der Waals surface area contributed by atoms with E-state index in [1.165, 1.54) is 0 Å². The molecule has 0 spiro atoms. The number of aryl methyl sites for hydroxylation is 1. The van der Waals surface area contributed by atoms with Crippen LogP contribution in [0.15, 0.2) is 4.52 Å². The zero-order valence-corrected chi connectivity index (χ0v) is 8.13. The Morgan fingerprint density at radius 1 is 1.31 bits per heavy atom. The van der Waals surface area contributed by atoms with Crippen molar-refractivity contribution in [3.8, 4) is 0 Å². The fraction of sp³-hybridized carbons (Fsp3) is 0.750. The van der Waals surface area contributed by atoms with Crippen molar-refractivity contribution in [3.05, 3.63) is 11.7 Å². The summed E-state index contributed by atoms with van der Waals surface area (Å²) in [5, 5.41) is 10.1. The fourth-order valence-corrected chi connectivity index (χ4v) is 0.961. The highest BCUT2D eigenvalue weighted by atomic mass is 16.5. The van der Waals surface area contributed by atoms with Crippen LogP contribution in [0.25, 0.3) is 0 Å². The minimum atomic E-state index is 0.645. The summed E-state index contributed by atoms with van der Waals surface area (Å²) in [6, 6.07) is 0. The predicted octanol–water partition coefficient (Wildman–Crippen LogP) is 0.0771. The molecule has 2 N–H and O–H groups in total. The lowest BCUT2D eigenvalue weighted by molar-refractivity contribution is 0.364. The Kier molecular flexibility index (Phi) is 4.42. The van der Waals surface area contributed by atoms with Gasteiger partial charge in [0.15, 0.2) is 5.82 Å². The molecule has 0 unspecified atom stereocenters. The molecule has 0 aliphatic heterocycles. The van der Waals surface area contributed by atoms with Gasteiger partial charge >= 0.3 is 0 Å². The van der Waals surface area contributed by atoms with Crippen molar-refractivity contribution in [2.75, 3.05) is 19.6 Å². The summed E-state index contributed by atoms with van der Waals surface area (Å²) in [6.45, 7) is 7.42. The molecule has 0 aromatic carbocycles. The van der Waals surface area contributed by atoms with Gasteiger partial charge in [0.1, 0.15) is 0 Å². The maximum Gasteiger partial charge on any atom is 0.240 e. The first-order chi connectivity index (χ1) is 6.33. The molecule has 5 nitrogen and oxygen atoms in total. The topological polar surface area (TPSA) is 63.0 Å². The van der Waals surface area contributed by atoms with Gasteiger partial charge in [0, 0.05) is 13.1 Å². The second-order valence-corrected chi connectivity index (χ2v) is 2.77. The van der Waals surface area contributed by atoms with Crippen molar-refractivity contribution in [1.82, 2.24) is 20.8 Å². The van der Waals surface area contributed by atoms with Gasteiger partial charge in [-0.15, -0.1) is 0 Å². The normalized spacial score (nSPS) is 10.6. The molecule has 0 saturated carbocycles. The van der Waals surface area contributed by atoms with Gasteiger partial charge in [-0.3, -0.25) is 0 Å². The lowest BCUT2D eigenvalue weighted by Crippen LogP contribution is -2.26. The minimum absolute atomic E-state index is 0.645. The van der Waals surface area contributed by atoms with Crippen molar-refractivity contribution in [2.24, 2.45) is 0 Å². The third-order valence-corrected chi connectivity index (χ3v) is 1.57. The number of hydrogen-bond donors (Lipinski definition) is 2. The molecule has 0 fully saturated rings. The highest BCUT2D eigenvalue weighted by molar-refractivity contribution is 4.81. The maximum absolute atomic E-state index is 4.93. The quantitative estimate of drug-likeness (QED) is 0.613. The van der Waals surface area contributed by atoms with E-state index < -0.39 is 0 Å². The SMILES string of the molecule is CCNCCNCc1nc(C)no1. The maximum atomic E-state index is 4.93. The first kappa shape index (κ1) is 10.1. The van der Waals surface area contributed by atoms with Crippen LogP contribution in [0.3, 0.4) is 0 Å². The van der Waals surface area contributed by atoms with Crippen LogP contribution in [0.1, 0.15) is 18.6 Å². The molecule has 0 atom stereocenters. The van der Waals surface area contributed by atoms with Crippen molar-refractivity contribution in [3.63, 3.8) is 0 Å². The molecule has 1 heterocycles. The Balaban J connectivity index is 2.06. The Morgan fingerprint density at radius 2 is 2.08 bits per heavy atom. The van der Waals surface area contributed by atoms with E-state index in [1.807, 2.05) is 6.92 Å². The smallest absolute Gasteiger partial charge is 0.240 e. The van der Waals surface area contributed by atoms with Crippen LogP contribution in [-0.4, -0.2) is 29.8 Å². The number of hydrogen-bond acceptors (Lipinski definition) is 5. The molecule has 0 aliphatic rings. The monoisotopic (exact) mass is 184 g/mol. The summed E-state index contributed by atoms with van der Waals surface area (Å²) in [5.41, 5.74) is 0. The average Bonchev–Trinajstić information content (AvgIpc) is 2.51. The second kappa shape index (κ2) is 5.66. The van der Waals surface area contributed by atoms with Gasteiger partial charge in [0.2, 0.25) is 5.89 Å². The molecule has 1 aromatic heterocycles. The van der Waals surface area contributed by atoms with Crippen LogP contribution in [0.5, 0.6) is 0 Å². The Morgan fingerprint density at radius 3 is 2.69 bits per heavy atom. The van der Waals surface area contributed by atoms with E-state index in [4.69, 9.17) is 4.52 Å². The van der Waals surface area contributed by atoms with Crippen LogP contribution >= 0.6 is 0 Å². The summed E-state index contributed by atoms with van der Waals surface area (Å²) in [5.74, 6) is 1.33. The van der Waals surface area contributed by atoms with Gasteiger partial charge < -0.3 is 15.2 Å². The molecule has 1 rings (SSSR count). The van der Waals surface area contributed by atoms with E-state index in [0.29, 0.717) is 18.3 Å². The fourth-order valence-electron chi connectivity index (χ4n) is 0.961. The third-order valence-electron chi connectivity index (χ3n) is 1.57. The molecule has 5 heteroatoms. The summed E-state index contributed by atoms with van der Waals surface area (Å²) in [6.07, 6.45) is 0. The standard InChI is InChI=1S/C8H16N4O/c1-3-9-4-5-10-6-8-11-7(2)12-13-8/h9-10H,3-6H2,1-2H3. The zero-order valence-electron chi connectivity index (χ0n) is 8.13. The predicted molar refractivity (Wildman–Crippen MR) is 49.3 cm³/mol. The molecule has 0 aliphatic carbocycles. The van der Waals surface area contributed by atoms with Gasteiger partial charge in [-0.2, -0.15) is 4.98 Å². The molecule has 1 aromatic rings. The molecule has 0 saturated heterocycles. The summed E-state index contributed by atoms with van der Waals surface area (Å²) in [4.78, 5) is 4.07. The van der Waals surface area contributed by atoms with E-state index in [-0.39, 0.29) is 0 Å². The van der Waals surface area contributed by atoms with Gasteiger partial charge in [-0.05, 0) is 13.5 Å². The third kappa shape index (κ3) is 4.00. The molecule has 74 valence electrons. The van der Waals surface area contributed by atoms with Crippen molar-refractivity contribution in [1.29, 1.82) is 0 Å². The summed E-state index contributed by atoms with van der Waals surface area (Å²) < 4.78 is 4.93. The Bertz CT molecular complexity index is 236. The number of nitrogens with zero attached hydrogens (tertiary/aromatic N) is 2. The van der Waals surface area contributed by atoms with Crippen LogP contribution in [0.4, 0.5) is 0 Å². The van der Waals surface area contributed by atoms with E-state index in [9.17, 15) is 0 Å². The highest BCUT2D eigenvalue weighted by Crippen LogP contribution is 1.93. The first-order valence-electron chi connectivity index (χ1n) is 4.53. The highest BCUT2D eigenvalue weighted by Gasteiger charge is 1.99. The van der Waals surface area contributed by atoms with E-state index in [1.54, 1.807) is 0 Å². The molecule has 0 bridgehead atoms. The van der Waals surface area contributed by atoms with Crippen molar-refractivity contribution >= 4 is 0 Å². The Labute approximate surface area is 77.9 Å². The van der Waals surface area contributed by atoms with Crippen molar-refractivity contribution < 1.29 is 4.52 Å². The molecule has 0 amide bonds. The van der Waals surface area contributed by atoms with Gasteiger partial charge in [-0.25, -0.2) is 0 Å². The second-order valence-electron chi connectivity index (χ2n) is 2.77. The number of nitrogens with one attached hydrogen (secondary N) is 2. The molecular weight excluding hydrogens is 168 g/mol. The van der Waals surface area contributed by atoms with E-state index in [2.05, 4.69) is 27.7 Å². The molecular formula is C8H16N4O. The van der Waals surface area contributed by atoms with Crippen LogP contribution in [0, 0.1) is 6.92 Å². The minimum Gasteiger partial charge on any atom is -0.338 e. The van der Waals surface area contributed by atoms with E-state index >= 15 is 0 Å². The Hall–Kier alpha value is -0.940. The average molecular weight is 184 g/mol. The summed E-state index contributed by atoms with van der Waals surface area (Å²) >= 11 is 0. The van der Waals surface area contributed by atoms with Crippen LogP contribution in [-0.2, 0) is 6.54 Å². The number of likely N-dealkylation sites (N-methyl/N-ethyl adjacent to an activating group) is 1. The van der Waals surface area contributed by atoms with Gasteiger partial charge in [0.25, 0.3) is 0 Å². The largest absolute Gasteiger partial charge is 0.338 e. The van der Waals surface area contributed by atoms with Gasteiger partial charge in [0.05, 0.1) is 6.54 Å². The van der Waals surface area contributed by atoms with Gasteiger partial charge in [-0.1, -0.05) is 12.1 Å². The summed E-state index contributed by atoms with van der Waals surface area (Å²) in [7, 11) is 0. The lowest BCUT2D eigenvalue weighted by Gasteiger charge is -2.01. The zero-order chi connectivity index (χ0) is 9.52. The number of rotatable bonds is 6. The van der Waals surface area contributed by atoms with E-state index in [0.717, 1.165) is 19.6 Å². The number of aromatic nitrogens is 2. The first-order valence-corrected chi connectivity index (χ1v) is 4.53. The molecule has 13 heavy (non-hydrogen) atoms. The van der Waals surface area contributed by atoms with Crippen LogP contribution in [0.2, 0.25) is 0 Å². The van der Waals surface area contributed by atoms with Crippen LogP contribution < -0.4 is 10.6 Å². The van der Waals surface area contributed by atoms with Crippen molar-refractivity contribution in [2.45, 2.75) is 20.4 Å². The molecule has 0 radical (unpaired) electrons.